The van der Waals surface area contributed by atoms with Gasteiger partial charge in [-0.3, -0.25) is 0 Å². The Morgan fingerprint density at radius 2 is 1.31 bits per heavy atom. The third kappa shape index (κ3) is 6.91. The monoisotopic (exact) mass is 266 g/mol. The summed E-state index contributed by atoms with van der Waals surface area (Å²) >= 11 is 4.21. The van der Waals surface area contributed by atoms with Crippen molar-refractivity contribution in [2.24, 2.45) is 0 Å². The van der Waals surface area contributed by atoms with Crippen LogP contribution >= 0.6 is 12.6 Å². The Balaban J connectivity index is 4.12. The van der Waals surface area contributed by atoms with Crippen LogP contribution in [0.25, 0.3) is 0 Å². The van der Waals surface area contributed by atoms with Gasteiger partial charge in [-0.05, 0) is 39.4 Å². The van der Waals surface area contributed by atoms with Crippen LogP contribution < -0.4 is 0 Å². The third-order valence-corrected chi connectivity index (χ3v) is 5.70. The fraction of sp³-hybridized carbons (Fsp3) is 1.00. The van der Waals surface area contributed by atoms with Crippen molar-refractivity contribution in [2.75, 3.05) is 25.6 Å². The lowest BCUT2D eigenvalue weighted by atomic mass is 10.3. The van der Waals surface area contributed by atoms with Gasteiger partial charge in [0.05, 0.1) is 0 Å². The fourth-order valence-corrected chi connectivity index (χ4v) is 4.54. The summed E-state index contributed by atoms with van der Waals surface area (Å²) in [5, 5.41) is 0. The van der Waals surface area contributed by atoms with E-state index in [1.807, 2.05) is 20.8 Å². The van der Waals surface area contributed by atoms with E-state index in [4.69, 9.17) is 13.3 Å². The molecule has 5 heteroatoms. The van der Waals surface area contributed by atoms with Gasteiger partial charge in [0.15, 0.2) is 0 Å². The molecule has 0 N–H and O–H groups in total. The summed E-state index contributed by atoms with van der Waals surface area (Å²) in [6.45, 7) is 7.98. The lowest BCUT2D eigenvalue weighted by molar-refractivity contribution is 0.0707. The number of rotatable bonds is 11. The highest BCUT2D eigenvalue weighted by Crippen LogP contribution is 2.19. The standard InChI is InChI=1S/C11H26O3SSi/c1-4-12-16(13-5-2,14-6-3)11-9-7-8-10-15/h15H,4-11H2,1-3H3. The van der Waals surface area contributed by atoms with Crippen molar-refractivity contribution in [2.45, 2.75) is 46.1 Å². The van der Waals surface area contributed by atoms with Gasteiger partial charge in [-0.1, -0.05) is 6.42 Å². The minimum absolute atomic E-state index is 0.665. The zero-order chi connectivity index (χ0) is 12.3. The van der Waals surface area contributed by atoms with Crippen molar-refractivity contribution in [3.05, 3.63) is 0 Å². The molecule has 0 fully saturated rings. The summed E-state index contributed by atoms with van der Waals surface area (Å²) < 4.78 is 17.3. The van der Waals surface area contributed by atoms with E-state index in [9.17, 15) is 0 Å². The molecule has 0 bridgehead atoms. The topological polar surface area (TPSA) is 27.7 Å². The molecule has 3 nitrogen and oxygen atoms in total. The summed E-state index contributed by atoms with van der Waals surface area (Å²) in [4.78, 5) is 0. The maximum absolute atomic E-state index is 5.77. The molecule has 0 rings (SSSR count). The van der Waals surface area contributed by atoms with Crippen LogP contribution in [0.3, 0.4) is 0 Å². The second-order valence-corrected chi connectivity index (χ2v) is 6.70. The molecule has 0 spiro atoms. The Morgan fingerprint density at radius 1 is 0.812 bits per heavy atom. The largest absolute Gasteiger partial charge is 0.500 e. The molecule has 0 heterocycles. The summed E-state index contributed by atoms with van der Waals surface area (Å²) in [6, 6.07) is 0.927. The molecule has 0 aliphatic heterocycles. The Kier molecular flexibility index (Phi) is 10.9. The van der Waals surface area contributed by atoms with Crippen molar-refractivity contribution in [3.8, 4) is 0 Å². The highest BCUT2D eigenvalue weighted by atomic mass is 32.1. The molecule has 16 heavy (non-hydrogen) atoms. The van der Waals surface area contributed by atoms with E-state index in [0.717, 1.165) is 24.6 Å². The van der Waals surface area contributed by atoms with Crippen LogP contribution in [0.5, 0.6) is 0 Å². The second-order valence-electron chi connectivity index (χ2n) is 3.52. The lowest BCUT2D eigenvalue weighted by Crippen LogP contribution is -2.45. The molecule has 0 aromatic carbocycles. The summed E-state index contributed by atoms with van der Waals surface area (Å²) in [7, 11) is -2.37. The molecule has 0 saturated heterocycles. The van der Waals surface area contributed by atoms with Gasteiger partial charge >= 0.3 is 8.80 Å². The van der Waals surface area contributed by atoms with E-state index >= 15 is 0 Å². The second kappa shape index (κ2) is 10.6. The Labute approximate surface area is 107 Å². The van der Waals surface area contributed by atoms with Crippen LogP contribution in [0.1, 0.15) is 40.0 Å². The van der Waals surface area contributed by atoms with Crippen molar-refractivity contribution in [1.82, 2.24) is 0 Å². The number of thiol groups is 1. The molecule has 98 valence electrons. The minimum Gasteiger partial charge on any atom is -0.374 e. The van der Waals surface area contributed by atoms with Crippen LogP contribution in [-0.4, -0.2) is 34.4 Å². The van der Waals surface area contributed by atoms with E-state index in [1.165, 1.54) is 6.42 Å². The van der Waals surface area contributed by atoms with Crippen molar-refractivity contribution < 1.29 is 13.3 Å². The maximum atomic E-state index is 5.77. The Morgan fingerprint density at radius 3 is 1.69 bits per heavy atom. The van der Waals surface area contributed by atoms with Gasteiger partial charge < -0.3 is 13.3 Å². The van der Waals surface area contributed by atoms with Crippen LogP contribution in [0.15, 0.2) is 0 Å². The number of unbranched alkanes of at least 4 members (excludes halogenated alkanes) is 2. The summed E-state index contributed by atoms with van der Waals surface area (Å²) in [6.07, 6.45) is 3.43. The fourth-order valence-electron chi connectivity index (χ4n) is 1.63. The maximum Gasteiger partial charge on any atom is 0.500 e. The van der Waals surface area contributed by atoms with Gasteiger partial charge in [-0.15, -0.1) is 0 Å². The molecular weight excluding hydrogens is 240 g/mol. The van der Waals surface area contributed by atoms with Crippen LogP contribution in [-0.2, 0) is 13.3 Å². The average molecular weight is 266 g/mol. The number of hydrogen-bond acceptors (Lipinski definition) is 4. The predicted molar refractivity (Wildman–Crippen MR) is 73.1 cm³/mol. The highest BCUT2D eigenvalue weighted by Gasteiger charge is 2.39. The van der Waals surface area contributed by atoms with Crippen molar-refractivity contribution in [1.29, 1.82) is 0 Å². The van der Waals surface area contributed by atoms with E-state index in [0.29, 0.717) is 19.8 Å². The quantitative estimate of drug-likeness (QED) is 0.354. The Hall–Kier alpha value is 0.447. The van der Waals surface area contributed by atoms with Gasteiger partial charge in [-0.2, -0.15) is 12.6 Å². The van der Waals surface area contributed by atoms with E-state index < -0.39 is 8.80 Å². The minimum atomic E-state index is -2.37. The first-order valence-electron chi connectivity index (χ1n) is 6.27. The molecule has 0 aliphatic rings. The molecule has 0 aromatic heterocycles. The van der Waals surface area contributed by atoms with Gasteiger partial charge in [0.25, 0.3) is 0 Å². The molecule has 0 aliphatic carbocycles. The Bertz CT molecular complexity index is 141. The predicted octanol–water partition coefficient (Wildman–Crippen LogP) is 3.13. The first-order chi connectivity index (χ1) is 7.74. The van der Waals surface area contributed by atoms with E-state index in [-0.39, 0.29) is 0 Å². The van der Waals surface area contributed by atoms with Gasteiger partial charge in [0, 0.05) is 25.9 Å². The molecule has 0 aromatic rings. The zero-order valence-electron chi connectivity index (χ0n) is 10.8. The molecule has 0 amide bonds. The first-order valence-corrected chi connectivity index (χ1v) is 8.83. The average Bonchev–Trinajstić information content (AvgIpc) is 2.26. The molecule has 0 atom stereocenters. The lowest BCUT2D eigenvalue weighted by Gasteiger charge is -2.28. The molecule has 0 unspecified atom stereocenters. The normalized spacial score (nSPS) is 12.0. The smallest absolute Gasteiger partial charge is 0.374 e. The van der Waals surface area contributed by atoms with Crippen molar-refractivity contribution >= 4 is 21.4 Å². The van der Waals surface area contributed by atoms with Crippen molar-refractivity contribution in [3.63, 3.8) is 0 Å². The third-order valence-electron chi connectivity index (χ3n) is 2.23. The van der Waals surface area contributed by atoms with Crippen LogP contribution in [0.2, 0.25) is 6.04 Å². The van der Waals surface area contributed by atoms with Crippen LogP contribution in [0.4, 0.5) is 0 Å². The molecular formula is C11H26O3SSi. The zero-order valence-corrected chi connectivity index (χ0v) is 12.7. The number of hydrogen-bond donors (Lipinski definition) is 1. The summed E-state index contributed by atoms with van der Waals surface area (Å²) in [5.41, 5.74) is 0. The van der Waals surface area contributed by atoms with Gasteiger partial charge in [-0.25, -0.2) is 0 Å². The molecule has 0 saturated carbocycles. The SMILES string of the molecule is CCO[Si](CCCCCS)(OCC)OCC. The van der Waals surface area contributed by atoms with Gasteiger partial charge in [0.1, 0.15) is 0 Å². The van der Waals surface area contributed by atoms with E-state index in [1.54, 1.807) is 0 Å². The highest BCUT2D eigenvalue weighted by molar-refractivity contribution is 7.80. The first kappa shape index (κ1) is 16.4. The van der Waals surface area contributed by atoms with E-state index in [2.05, 4.69) is 12.6 Å². The van der Waals surface area contributed by atoms with Crippen LogP contribution in [0, 0.1) is 0 Å². The van der Waals surface area contributed by atoms with Gasteiger partial charge in [0.2, 0.25) is 0 Å². The molecule has 0 radical (unpaired) electrons. The summed E-state index contributed by atoms with van der Waals surface area (Å²) in [5.74, 6) is 0.951.